The number of benzene rings is 1. The minimum Gasteiger partial charge on any atom is -0.391 e. The molecule has 0 aliphatic carbocycles. The normalized spacial score (nSPS) is 12.7. The van der Waals surface area contributed by atoms with Gasteiger partial charge < -0.3 is 9.63 Å². The number of aliphatic hydroxyl groups excluding tert-OH is 1. The third-order valence-corrected chi connectivity index (χ3v) is 4.00. The van der Waals surface area contributed by atoms with E-state index in [9.17, 15) is 5.11 Å². The number of alkyl halides is 1. The lowest BCUT2D eigenvalue weighted by molar-refractivity contribution is 0.277. The SMILES string of the molecule is CCc1onc(C(Br)c2ccc(Cl)cc2)c1CO. The van der Waals surface area contributed by atoms with Crippen LogP contribution in [0.15, 0.2) is 28.8 Å². The number of aryl methyl sites for hydroxylation is 1. The second-order valence-electron chi connectivity index (χ2n) is 3.90. The van der Waals surface area contributed by atoms with Gasteiger partial charge in [-0.3, -0.25) is 0 Å². The zero-order chi connectivity index (χ0) is 13.1. The summed E-state index contributed by atoms with van der Waals surface area (Å²) in [6, 6.07) is 7.49. The molecule has 0 bridgehead atoms. The Balaban J connectivity index is 2.36. The summed E-state index contributed by atoms with van der Waals surface area (Å²) in [5.74, 6) is 0.728. The number of aromatic nitrogens is 1. The van der Waals surface area contributed by atoms with Crippen molar-refractivity contribution in [1.82, 2.24) is 5.16 Å². The quantitative estimate of drug-likeness (QED) is 0.866. The van der Waals surface area contributed by atoms with E-state index in [1.165, 1.54) is 0 Å². The van der Waals surface area contributed by atoms with E-state index in [2.05, 4.69) is 21.1 Å². The summed E-state index contributed by atoms with van der Waals surface area (Å²) in [6.45, 7) is 1.90. The molecular weight excluding hydrogens is 318 g/mol. The fourth-order valence-corrected chi connectivity index (χ4v) is 2.58. The molecule has 1 atom stereocenters. The van der Waals surface area contributed by atoms with Crippen LogP contribution in [0.1, 0.15) is 34.3 Å². The van der Waals surface area contributed by atoms with Gasteiger partial charge in [-0.05, 0) is 17.7 Å². The molecule has 96 valence electrons. The standard InChI is InChI=1S/C13H13BrClNO2/c1-2-11-10(7-17)13(16-18-11)12(14)8-3-5-9(15)6-4-8/h3-6,12,17H,2,7H2,1H3. The van der Waals surface area contributed by atoms with Crippen LogP contribution in [-0.4, -0.2) is 10.3 Å². The van der Waals surface area contributed by atoms with Gasteiger partial charge in [-0.15, -0.1) is 0 Å². The third kappa shape index (κ3) is 2.60. The Kier molecular flexibility index (Phi) is 4.43. The van der Waals surface area contributed by atoms with Gasteiger partial charge >= 0.3 is 0 Å². The molecule has 3 nitrogen and oxygen atoms in total. The van der Waals surface area contributed by atoms with E-state index >= 15 is 0 Å². The largest absolute Gasteiger partial charge is 0.391 e. The van der Waals surface area contributed by atoms with Crippen LogP contribution in [0.2, 0.25) is 5.02 Å². The Hall–Kier alpha value is -0.840. The Morgan fingerprint density at radius 2 is 2.06 bits per heavy atom. The summed E-state index contributed by atoms with van der Waals surface area (Å²) < 4.78 is 5.24. The Labute approximate surface area is 119 Å². The average Bonchev–Trinajstić information content (AvgIpc) is 2.81. The van der Waals surface area contributed by atoms with Crippen LogP contribution in [-0.2, 0) is 13.0 Å². The van der Waals surface area contributed by atoms with Gasteiger partial charge in [-0.2, -0.15) is 0 Å². The smallest absolute Gasteiger partial charge is 0.142 e. The van der Waals surface area contributed by atoms with Crippen molar-refractivity contribution >= 4 is 27.5 Å². The van der Waals surface area contributed by atoms with Crippen LogP contribution in [0, 0.1) is 0 Å². The summed E-state index contributed by atoms with van der Waals surface area (Å²) in [7, 11) is 0. The van der Waals surface area contributed by atoms with E-state index in [-0.39, 0.29) is 11.4 Å². The van der Waals surface area contributed by atoms with Crippen LogP contribution in [0.25, 0.3) is 0 Å². The maximum Gasteiger partial charge on any atom is 0.142 e. The van der Waals surface area contributed by atoms with Gasteiger partial charge in [-0.25, -0.2) is 0 Å². The van der Waals surface area contributed by atoms with E-state index in [4.69, 9.17) is 16.1 Å². The van der Waals surface area contributed by atoms with Crippen LogP contribution in [0.5, 0.6) is 0 Å². The molecule has 2 rings (SSSR count). The summed E-state index contributed by atoms with van der Waals surface area (Å²) in [4.78, 5) is -0.110. The number of hydrogen-bond donors (Lipinski definition) is 1. The predicted molar refractivity (Wildman–Crippen MR) is 74.0 cm³/mol. The van der Waals surface area contributed by atoms with Crippen molar-refractivity contribution in [2.45, 2.75) is 24.8 Å². The van der Waals surface area contributed by atoms with E-state index in [1.807, 2.05) is 31.2 Å². The van der Waals surface area contributed by atoms with Crippen molar-refractivity contribution in [2.24, 2.45) is 0 Å². The molecule has 0 radical (unpaired) electrons. The molecule has 0 aliphatic heterocycles. The second kappa shape index (κ2) is 5.87. The van der Waals surface area contributed by atoms with Gasteiger partial charge in [0.15, 0.2) is 0 Å². The van der Waals surface area contributed by atoms with Crippen molar-refractivity contribution < 1.29 is 9.63 Å². The molecule has 1 heterocycles. The van der Waals surface area contributed by atoms with Crippen LogP contribution >= 0.6 is 27.5 Å². The predicted octanol–water partition coefficient (Wildman–Crippen LogP) is 3.87. The highest BCUT2D eigenvalue weighted by atomic mass is 79.9. The first-order valence-corrected chi connectivity index (χ1v) is 6.94. The van der Waals surface area contributed by atoms with Gasteiger partial charge in [0.2, 0.25) is 0 Å². The first-order valence-electron chi connectivity index (χ1n) is 5.65. The Morgan fingerprint density at radius 1 is 1.39 bits per heavy atom. The van der Waals surface area contributed by atoms with Crippen molar-refractivity contribution in [2.75, 3.05) is 0 Å². The highest BCUT2D eigenvalue weighted by molar-refractivity contribution is 9.09. The second-order valence-corrected chi connectivity index (χ2v) is 5.25. The highest BCUT2D eigenvalue weighted by Gasteiger charge is 2.21. The molecule has 5 heteroatoms. The van der Waals surface area contributed by atoms with Crippen molar-refractivity contribution in [3.8, 4) is 0 Å². The summed E-state index contributed by atoms with van der Waals surface area (Å²) in [6.07, 6.45) is 0.712. The molecule has 0 aliphatic rings. The van der Waals surface area contributed by atoms with Crippen molar-refractivity contribution in [3.05, 3.63) is 51.9 Å². The molecule has 1 aromatic carbocycles. The molecule has 1 unspecified atom stereocenters. The molecule has 0 fully saturated rings. The van der Waals surface area contributed by atoms with Crippen molar-refractivity contribution in [1.29, 1.82) is 0 Å². The lowest BCUT2D eigenvalue weighted by atomic mass is 10.0. The molecular formula is C13H13BrClNO2. The number of rotatable bonds is 4. The Morgan fingerprint density at radius 3 is 2.61 bits per heavy atom. The first kappa shape index (κ1) is 13.6. The maximum atomic E-state index is 9.42. The van der Waals surface area contributed by atoms with Crippen LogP contribution in [0.3, 0.4) is 0 Å². The molecule has 0 spiro atoms. The molecule has 1 aromatic heterocycles. The minimum atomic E-state index is -0.110. The van der Waals surface area contributed by atoms with Gasteiger partial charge in [0.1, 0.15) is 11.5 Å². The van der Waals surface area contributed by atoms with E-state index < -0.39 is 0 Å². The fraction of sp³-hybridized carbons (Fsp3) is 0.308. The number of hydrogen-bond acceptors (Lipinski definition) is 3. The topological polar surface area (TPSA) is 46.3 Å². The number of halogens is 2. The fourth-order valence-electron chi connectivity index (χ4n) is 1.79. The lowest BCUT2D eigenvalue weighted by Gasteiger charge is -2.08. The van der Waals surface area contributed by atoms with Crippen LogP contribution < -0.4 is 0 Å². The first-order chi connectivity index (χ1) is 8.67. The molecule has 2 aromatic rings. The third-order valence-electron chi connectivity index (χ3n) is 2.78. The van der Waals surface area contributed by atoms with E-state index in [0.29, 0.717) is 11.4 Å². The van der Waals surface area contributed by atoms with E-state index in [0.717, 1.165) is 22.6 Å². The average molecular weight is 331 g/mol. The lowest BCUT2D eigenvalue weighted by Crippen LogP contribution is -1.99. The van der Waals surface area contributed by atoms with Crippen molar-refractivity contribution in [3.63, 3.8) is 0 Å². The number of aliphatic hydroxyl groups is 1. The van der Waals surface area contributed by atoms with E-state index in [1.54, 1.807) is 0 Å². The highest BCUT2D eigenvalue weighted by Crippen LogP contribution is 2.34. The van der Waals surface area contributed by atoms with Gasteiger partial charge in [0.05, 0.1) is 11.4 Å². The minimum absolute atomic E-state index is 0.0717. The van der Waals surface area contributed by atoms with Gasteiger partial charge in [-0.1, -0.05) is 51.7 Å². The summed E-state index contributed by atoms with van der Waals surface area (Å²) >= 11 is 9.43. The maximum absolute atomic E-state index is 9.42. The zero-order valence-corrected chi connectivity index (χ0v) is 12.2. The van der Waals surface area contributed by atoms with Crippen LogP contribution in [0.4, 0.5) is 0 Å². The molecule has 1 N–H and O–H groups in total. The Bertz CT molecular complexity index is 524. The molecule has 0 saturated heterocycles. The zero-order valence-electron chi connectivity index (χ0n) is 9.86. The molecule has 18 heavy (non-hydrogen) atoms. The summed E-state index contributed by atoms with van der Waals surface area (Å²) in [5, 5.41) is 14.1. The number of nitrogens with zero attached hydrogens (tertiary/aromatic N) is 1. The molecule has 0 saturated carbocycles. The van der Waals surface area contributed by atoms with Gasteiger partial charge in [0.25, 0.3) is 0 Å². The monoisotopic (exact) mass is 329 g/mol. The van der Waals surface area contributed by atoms with Gasteiger partial charge in [0, 0.05) is 17.0 Å². The molecule has 0 amide bonds. The summed E-state index contributed by atoms with van der Waals surface area (Å²) in [5.41, 5.74) is 2.50.